The number of nitrogens with one attached hydrogen (secondary N) is 1. The molecule has 1 aliphatic rings. The van der Waals surface area contributed by atoms with E-state index in [1.807, 2.05) is 25.4 Å². The second kappa shape index (κ2) is 5.76. The summed E-state index contributed by atoms with van der Waals surface area (Å²) in [6.45, 7) is 1.05. The fourth-order valence-electron chi connectivity index (χ4n) is 2.44. The number of imidazole rings is 1. The van der Waals surface area contributed by atoms with Gasteiger partial charge in [0.2, 0.25) is 0 Å². The molecule has 0 aliphatic carbocycles. The Bertz CT molecular complexity index is 543. The predicted molar refractivity (Wildman–Crippen MR) is 81.4 cm³/mol. The number of anilines is 1. The summed E-state index contributed by atoms with van der Waals surface area (Å²) in [5.41, 5.74) is 1.07. The minimum absolute atomic E-state index is 0.293. The highest BCUT2D eigenvalue weighted by atomic mass is 32.2. The van der Waals surface area contributed by atoms with Crippen LogP contribution in [0.4, 0.5) is 5.69 Å². The number of rotatable bonds is 4. The van der Waals surface area contributed by atoms with Crippen molar-refractivity contribution in [3.8, 4) is 5.75 Å². The first-order valence-electron chi connectivity index (χ1n) is 6.71. The van der Waals surface area contributed by atoms with Crippen molar-refractivity contribution in [3.05, 3.63) is 42.5 Å². The van der Waals surface area contributed by atoms with E-state index in [-0.39, 0.29) is 0 Å². The number of phenolic OH excluding ortho intramolecular Hbond substituents is 1. The van der Waals surface area contributed by atoms with Crippen LogP contribution < -0.4 is 4.31 Å². The van der Waals surface area contributed by atoms with Crippen LogP contribution in [0.25, 0.3) is 0 Å². The summed E-state index contributed by atoms with van der Waals surface area (Å²) in [5, 5.41) is 9.34. The Balaban J connectivity index is 1.68. The van der Waals surface area contributed by atoms with Crippen molar-refractivity contribution in [2.45, 2.75) is 18.9 Å². The monoisotopic (exact) mass is 290 g/mol. The summed E-state index contributed by atoms with van der Waals surface area (Å²) in [7, 11) is 2.04. The first-order valence-corrected chi connectivity index (χ1v) is 7.44. The van der Waals surface area contributed by atoms with E-state index in [1.54, 1.807) is 30.5 Å². The molecule has 1 atom stereocenters. The molecule has 0 bridgehead atoms. The van der Waals surface area contributed by atoms with E-state index in [0.717, 1.165) is 24.5 Å². The van der Waals surface area contributed by atoms with Crippen LogP contribution >= 0.6 is 12.1 Å². The zero-order valence-electron chi connectivity index (χ0n) is 11.4. The zero-order valence-corrected chi connectivity index (χ0v) is 12.2. The smallest absolute Gasteiger partial charge is 0.124 e. The van der Waals surface area contributed by atoms with Gasteiger partial charge in [0, 0.05) is 43.8 Å². The maximum atomic E-state index is 9.34. The molecule has 2 aromatic rings. The average molecular weight is 290 g/mol. The highest BCUT2D eigenvalue weighted by Crippen LogP contribution is 2.37. The third-order valence-electron chi connectivity index (χ3n) is 3.48. The second-order valence-electron chi connectivity index (χ2n) is 4.87. The van der Waals surface area contributed by atoms with Gasteiger partial charge >= 0.3 is 0 Å². The Morgan fingerprint density at radius 1 is 1.40 bits per heavy atom. The number of benzene rings is 1. The summed E-state index contributed by atoms with van der Waals surface area (Å²) in [6, 6.07) is 7.59. The Morgan fingerprint density at radius 2 is 2.20 bits per heavy atom. The third-order valence-corrected chi connectivity index (χ3v) is 4.58. The molecule has 0 saturated carbocycles. The molecule has 1 saturated heterocycles. The highest BCUT2D eigenvalue weighted by molar-refractivity contribution is 7.98. The lowest BCUT2D eigenvalue weighted by Crippen LogP contribution is -2.23. The summed E-state index contributed by atoms with van der Waals surface area (Å²) in [6.07, 6.45) is 5.99. The van der Waals surface area contributed by atoms with E-state index in [0.29, 0.717) is 11.8 Å². The van der Waals surface area contributed by atoms with Crippen molar-refractivity contribution in [3.63, 3.8) is 0 Å². The zero-order chi connectivity index (χ0) is 13.9. The van der Waals surface area contributed by atoms with Gasteiger partial charge < -0.3 is 14.4 Å². The number of nitrogens with zero attached hydrogens (tertiary/aromatic N) is 3. The topological polar surface area (TPSA) is 55.4 Å². The van der Waals surface area contributed by atoms with Crippen molar-refractivity contribution in [1.82, 2.24) is 14.3 Å². The SMILES string of the molecule is CN(SN1CCC[C@@H]1c1ncc[nH]1)c1ccc(O)cc1. The third kappa shape index (κ3) is 2.76. The number of phenols is 1. The molecule has 0 radical (unpaired) electrons. The minimum atomic E-state index is 0.293. The van der Waals surface area contributed by atoms with Gasteiger partial charge in [-0.05, 0) is 37.1 Å². The van der Waals surface area contributed by atoms with Crippen LogP contribution in [0, 0.1) is 0 Å². The van der Waals surface area contributed by atoms with Gasteiger partial charge in [-0.25, -0.2) is 9.29 Å². The van der Waals surface area contributed by atoms with E-state index in [1.165, 1.54) is 6.42 Å². The van der Waals surface area contributed by atoms with Gasteiger partial charge in [0.1, 0.15) is 11.6 Å². The number of aromatic nitrogens is 2. The van der Waals surface area contributed by atoms with E-state index in [9.17, 15) is 5.11 Å². The summed E-state index contributed by atoms with van der Waals surface area (Å²) >= 11 is 1.70. The summed E-state index contributed by atoms with van der Waals surface area (Å²) < 4.78 is 4.46. The summed E-state index contributed by atoms with van der Waals surface area (Å²) in [5.74, 6) is 1.33. The number of H-pyrrole nitrogens is 1. The van der Waals surface area contributed by atoms with Crippen LogP contribution in [-0.2, 0) is 0 Å². The van der Waals surface area contributed by atoms with Gasteiger partial charge in [-0.2, -0.15) is 0 Å². The molecular weight excluding hydrogens is 272 g/mol. The van der Waals surface area contributed by atoms with Crippen molar-refractivity contribution in [2.75, 3.05) is 17.9 Å². The standard InChI is InChI=1S/C14H18N4OS/c1-17(11-4-6-12(19)7-5-11)20-18-10-2-3-13(18)14-15-8-9-16-14/h4-9,13,19H,2-3,10H2,1H3,(H,15,16)/t13-/m1/s1. The number of aromatic hydroxyl groups is 1. The predicted octanol–water partition coefficient (Wildman–Crippen LogP) is 2.95. The van der Waals surface area contributed by atoms with Crippen molar-refractivity contribution in [1.29, 1.82) is 0 Å². The second-order valence-corrected chi connectivity index (χ2v) is 6.05. The molecule has 3 rings (SSSR count). The van der Waals surface area contributed by atoms with Crippen molar-refractivity contribution < 1.29 is 5.11 Å². The Hall–Kier alpha value is -1.66. The fourth-order valence-corrected chi connectivity index (χ4v) is 3.50. The van der Waals surface area contributed by atoms with E-state index >= 15 is 0 Å². The molecule has 0 unspecified atom stereocenters. The normalized spacial score (nSPS) is 19.4. The Morgan fingerprint density at radius 3 is 2.90 bits per heavy atom. The van der Waals surface area contributed by atoms with Crippen LogP contribution in [0.3, 0.4) is 0 Å². The van der Waals surface area contributed by atoms with Gasteiger partial charge in [-0.1, -0.05) is 0 Å². The van der Waals surface area contributed by atoms with Gasteiger partial charge in [0.15, 0.2) is 0 Å². The van der Waals surface area contributed by atoms with Gasteiger partial charge in [0.25, 0.3) is 0 Å². The molecule has 20 heavy (non-hydrogen) atoms. The molecule has 6 heteroatoms. The number of hydrogen-bond acceptors (Lipinski definition) is 5. The molecule has 1 fully saturated rings. The number of hydrogen-bond donors (Lipinski definition) is 2. The van der Waals surface area contributed by atoms with Crippen LogP contribution in [0.15, 0.2) is 36.7 Å². The van der Waals surface area contributed by atoms with Crippen LogP contribution in [-0.4, -0.2) is 33.0 Å². The largest absolute Gasteiger partial charge is 0.508 e. The molecule has 2 heterocycles. The number of aromatic amines is 1. The minimum Gasteiger partial charge on any atom is -0.508 e. The molecule has 1 aromatic carbocycles. The molecule has 1 aromatic heterocycles. The molecule has 2 N–H and O–H groups in total. The summed E-state index contributed by atoms with van der Waals surface area (Å²) in [4.78, 5) is 7.59. The van der Waals surface area contributed by atoms with Gasteiger partial charge in [0.05, 0.1) is 6.04 Å². The van der Waals surface area contributed by atoms with Crippen LogP contribution in [0.1, 0.15) is 24.7 Å². The van der Waals surface area contributed by atoms with E-state index < -0.39 is 0 Å². The maximum absolute atomic E-state index is 9.34. The molecular formula is C14H18N4OS. The molecule has 0 spiro atoms. The molecule has 5 nitrogen and oxygen atoms in total. The fraction of sp³-hybridized carbons (Fsp3) is 0.357. The van der Waals surface area contributed by atoms with Crippen LogP contribution in [0.5, 0.6) is 5.75 Å². The molecule has 1 aliphatic heterocycles. The Kier molecular flexibility index (Phi) is 3.84. The van der Waals surface area contributed by atoms with Crippen LogP contribution in [0.2, 0.25) is 0 Å². The van der Waals surface area contributed by atoms with E-state index in [2.05, 4.69) is 18.6 Å². The first-order chi connectivity index (χ1) is 9.74. The first kappa shape index (κ1) is 13.3. The van der Waals surface area contributed by atoms with E-state index in [4.69, 9.17) is 0 Å². The molecule has 0 amide bonds. The maximum Gasteiger partial charge on any atom is 0.124 e. The van der Waals surface area contributed by atoms with Crippen molar-refractivity contribution in [2.24, 2.45) is 0 Å². The van der Waals surface area contributed by atoms with Crippen molar-refractivity contribution >= 4 is 17.8 Å². The average Bonchev–Trinajstić information content (AvgIpc) is 3.09. The lowest BCUT2D eigenvalue weighted by atomic mass is 10.2. The molecule has 106 valence electrons. The quantitative estimate of drug-likeness (QED) is 0.848. The lowest BCUT2D eigenvalue weighted by Gasteiger charge is -2.27. The van der Waals surface area contributed by atoms with Gasteiger partial charge in [-0.3, -0.25) is 0 Å². The van der Waals surface area contributed by atoms with Gasteiger partial charge in [-0.15, -0.1) is 0 Å². The Labute approximate surface area is 122 Å². The highest BCUT2D eigenvalue weighted by Gasteiger charge is 2.29. The lowest BCUT2D eigenvalue weighted by molar-refractivity contribution is 0.434.